The Hall–Kier alpha value is -1.71. The van der Waals surface area contributed by atoms with Crippen LogP contribution in [-0.2, 0) is 4.79 Å². The number of rotatable bonds is 1. The summed E-state index contributed by atoms with van der Waals surface area (Å²) in [6.45, 7) is 0. The molecule has 0 bridgehead atoms. The highest BCUT2D eigenvalue weighted by Crippen LogP contribution is 2.23. The van der Waals surface area contributed by atoms with Gasteiger partial charge in [-0.05, 0) is 12.5 Å². The van der Waals surface area contributed by atoms with Crippen LogP contribution in [0.2, 0.25) is 0 Å². The normalized spacial score (nSPS) is 19.5. The molecule has 0 atom stereocenters. The Labute approximate surface area is 69.2 Å². The van der Waals surface area contributed by atoms with E-state index in [-0.39, 0.29) is 5.70 Å². The third-order valence-corrected chi connectivity index (χ3v) is 1.88. The van der Waals surface area contributed by atoms with Crippen LogP contribution in [0.1, 0.15) is 6.42 Å². The van der Waals surface area contributed by atoms with Crippen LogP contribution in [0.3, 0.4) is 0 Å². The first kappa shape index (κ1) is 6.97. The summed E-state index contributed by atoms with van der Waals surface area (Å²) in [5, 5.41) is 8.74. The highest BCUT2D eigenvalue weighted by molar-refractivity contribution is 5.89. The topological polar surface area (TPSA) is 61.4 Å². The number of carboxylic acid groups (broad SMARTS) is 1. The molecular weight excluding hydrogens is 156 g/mol. The van der Waals surface area contributed by atoms with Gasteiger partial charge in [-0.1, -0.05) is 12.2 Å². The molecule has 4 nitrogen and oxygen atoms in total. The summed E-state index contributed by atoms with van der Waals surface area (Å²) < 4.78 is 0. The van der Waals surface area contributed by atoms with Crippen LogP contribution in [0.5, 0.6) is 0 Å². The fraction of sp³-hybridized carbons (Fsp3) is 0.125. The lowest BCUT2D eigenvalue weighted by atomic mass is 10.0. The smallest absolute Gasteiger partial charge is 0.354 e. The molecule has 62 valence electrons. The maximum Gasteiger partial charge on any atom is 0.354 e. The quantitative estimate of drug-likeness (QED) is 0.521. The summed E-state index contributed by atoms with van der Waals surface area (Å²) in [4.78, 5) is 10.6. The van der Waals surface area contributed by atoms with Gasteiger partial charge in [0.05, 0.1) is 5.70 Å². The van der Waals surface area contributed by atoms with E-state index < -0.39 is 5.97 Å². The first-order chi connectivity index (χ1) is 5.79. The van der Waals surface area contributed by atoms with Gasteiger partial charge in [0, 0.05) is 5.57 Å². The van der Waals surface area contributed by atoms with Crippen LogP contribution in [0.4, 0.5) is 0 Å². The van der Waals surface area contributed by atoms with Crippen LogP contribution < -0.4 is 10.9 Å². The van der Waals surface area contributed by atoms with Gasteiger partial charge in [0.25, 0.3) is 0 Å². The summed E-state index contributed by atoms with van der Waals surface area (Å²) >= 11 is 0. The Morgan fingerprint density at radius 3 is 3.08 bits per heavy atom. The largest absolute Gasteiger partial charge is 0.477 e. The Morgan fingerprint density at radius 1 is 1.50 bits per heavy atom. The van der Waals surface area contributed by atoms with Crippen molar-refractivity contribution in [1.82, 2.24) is 10.9 Å². The minimum absolute atomic E-state index is 0.255. The summed E-state index contributed by atoms with van der Waals surface area (Å²) in [7, 11) is 0. The number of fused-ring (bicyclic) bond motifs is 1. The molecule has 12 heavy (non-hydrogen) atoms. The molecule has 0 aromatic carbocycles. The van der Waals surface area contributed by atoms with E-state index in [1.165, 1.54) is 0 Å². The van der Waals surface area contributed by atoms with E-state index in [9.17, 15) is 4.79 Å². The molecule has 0 aromatic rings. The fourth-order valence-corrected chi connectivity index (χ4v) is 1.30. The van der Waals surface area contributed by atoms with Crippen molar-refractivity contribution in [1.29, 1.82) is 0 Å². The van der Waals surface area contributed by atoms with E-state index in [0.717, 1.165) is 11.3 Å². The number of allylic oxidation sites excluding steroid dienone is 4. The number of nitrogens with one attached hydrogen (secondary N) is 2. The summed E-state index contributed by atoms with van der Waals surface area (Å²) in [6.07, 6.45) is 6.35. The minimum Gasteiger partial charge on any atom is -0.477 e. The van der Waals surface area contributed by atoms with E-state index in [2.05, 4.69) is 10.9 Å². The SMILES string of the molecule is O=C(O)C1=C2CC=CC=C2NN1. The van der Waals surface area contributed by atoms with Gasteiger partial charge in [0.15, 0.2) is 0 Å². The van der Waals surface area contributed by atoms with Crippen molar-refractivity contribution in [3.8, 4) is 0 Å². The maximum absolute atomic E-state index is 10.6. The predicted molar refractivity (Wildman–Crippen MR) is 42.8 cm³/mol. The molecule has 0 saturated carbocycles. The van der Waals surface area contributed by atoms with E-state index in [1.807, 2.05) is 18.2 Å². The molecule has 0 amide bonds. The second-order valence-corrected chi connectivity index (χ2v) is 2.62. The van der Waals surface area contributed by atoms with Crippen molar-refractivity contribution in [2.75, 3.05) is 0 Å². The van der Waals surface area contributed by atoms with E-state index in [1.54, 1.807) is 0 Å². The first-order valence-electron chi connectivity index (χ1n) is 3.64. The zero-order valence-corrected chi connectivity index (χ0v) is 6.29. The number of hydrogen-bond acceptors (Lipinski definition) is 3. The van der Waals surface area contributed by atoms with Crippen molar-refractivity contribution in [2.45, 2.75) is 6.42 Å². The lowest BCUT2D eigenvalue weighted by Gasteiger charge is -2.04. The summed E-state index contributed by atoms with van der Waals surface area (Å²) in [5.41, 5.74) is 7.35. The number of hydrazine groups is 1. The molecule has 3 N–H and O–H groups in total. The van der Waals surface area contributed by atoms with Gasteiger partial charge in [0.2, 0.25) is 0 Å². The van der Waals surface area contributed by atoms with Crippen LogP contribution >= 0.6 is 0 Å². The third kappa shape index (κ3) is 0.887. The second kappa shape index (κ2) is 2.41. The molecule has 1 aliphatic heterocycles. The molecule has 0 saturated heterocycles. The number of carbonyl (C=O) groups is 1. The zero-order valence-electron chi connectivity index (χ0n) is 6.29. The van der Waals surface area contributed by atoms with Crippen LogP contribution in [-0.4, -0.2) is 11.1 Å². The van der Waals surface area contributed by atoms with Crippen molar-refractivity contribution < 1.29 is 9.90 Å². The van der Waals surface area contributed by atoms with Crippen molar-refractivity contribution in [3.05, 3.63) is 35.2 Å². The van der Waals surface area contributed by atoms with E-state index >= 15 is 0 Å². The van der Waals surface area contributed by atoms with Gasteiger partial charge in [-0.25, -0.2) is 4.79 Å². The molecule has 1 heterocycles. The lowest BCUT2D eigenvalue weighted by molar-refractivity contribution is -0.133. The third-order valence-electron chi connectivity index (χ3n) is 1.88. The standard InChI is InChI=1S/C8H8N2O2/c11-8(12)7-5-3-1-2-4-6(5)9-10-7/h1-2,4,9-10H,3H2,(H,11,12). The Balaban J connectivity index is 2.42. The van der Waals surface area contributed by atoms with Crippen LogP contribution in [0.15, 0.2) is 35.2 Å². The lowest BCUT2D eigenvalue weighted by Crippen LogP contribution is -2.26. The zero-order chi connectivity index (χ0) is 8.55. The molecule has 0 fully saturated rings. The molecule has 0 spiro atoms. The molecule has 2 aliphatic rings. The number of carboxylic acids is 1. The minimum atomic E-state index is -0.920. The number of hydrogen-bond donors (Lipinski definition) is 3. The molecule has 0 radical (unpaired) electrons. The first-order valence-corrected chi connectivity index (χ1v) is 3.64. The molecular formula is C8H8N2O2. The number of aliphatic carboxylic acids is 1. The molecule has 0 unspecified atom stereocenters. The highest BCUT2D eigenvalue weighted by atomic mass is 16.4. The van der Waals surface area contributed by atoms with Crippen molar-refractivity contribution in [3.63, 3.8) is 0 Å². The molecule has 1 aliphatic carbocycles. The average Bonchev–Trinajstić information content (AvgIpc) is 2.47. The van der Waals surface area contributed by atoms with Gasteiger partial charge in [0.1, 0.15) is 5.70 Å². The Bertz CT molecular complexity index is 326. The molecule has 4 heteroatoms. The van der Waals surface area contributed by atoms with E-state index in [4.69, 9.17) is 5.11 Å². The average molecular weight is 164 g/mol. The van der Waals surface area contributed by atoms with Crippen molar-refractivity contribution in [2.24, 2.45) is 0 Å². The van der Waals surface area contributed by atoms with E-state index in [0.29, 0.717) is 6.42 Å². The van der Waals surface area contributed by atoms with Crippen LogP contribution in [0.25, 0.3) is 0 Å². The fourth-order valence-electron chi connectivity index (χ4n) is 1.30. The molecule has 2 rings (SSSR count). The molecule has 0 aromatic heterocycles. The van der Waals surface area contributed by atoms with Gasteiger partial charge in [-0.2, -0.15) is 0 Å². The van der Waals surface area contributed by atoms with Gasteiger partial charge in [-0.15, -0.1) is 0 Å². The predicted octanol–water partition coefficient (Wildman–Crippen LogP) is 0.277. The second-order valence-electron chi connectivity index (χ2n) is 2.62. The van der Waals surface area contributed by atoms with Crippen molar-refractivity contribution >= 4 is 5.97 Å². The van der Waals surface area contributed by atoms with Gasteiger partial charge in [-0.3, -0.25) is 5.43 Å². The monoisotopic (exact) mass is 164 g/mol. The summed E-state index contributed by atoms with van der Waals surface area (Å²) in [5.74, 6) is -0.920. The Kier molecular flexibility index (Phi) is 1.40. The van der Waals surface area contributed by atoms with Gasteiger partial charge < -0.3 is 10.5 Å². The summed E-state index contributed by atoms with van der Waals surface area (Å²) in [6, 6.07) is 0. The Morgan fingerprint density at radius 2 is 2.33 bits per heavy atom. The highest BCUT2D eigenvalue weighted by Gasteiger charge is 2.23. The van der Waals surface area contributed by atoms with Crippen LogP contribution in [0, 0.1) is 0 Å². The van der Waals surface area contributed by atoms with Gasteiger partial charge >= 0.3 is 5.97 Å². The maximum atomic E-state index is 10.6.